The molecule has 0 amide bonds. The molecule has 3 nitrogen and oxygen atoms in total. The Morgan fingerprint density at radius 2 is 2.18 bits per heavy atom. The summed E-state index contributed by atoms with van der Waals surface area (Å²) in [6, 6.07) is 7.15. The fourth-order valence-corrected chi connectivity index (χ4v) is 1.98. The number of ketones is 1. The van der Waals surface area contributed by atoms with Gasteiger partial charge in [-0.05, 0) is 36.8 Å². The third kappa shape index (κ3) is 2.74. The van der Waals surface area contributed by atoms with Crippen LogP contribution in [0.5, 0.6) is 0 Å². The predicted octanol–water partition coefficient (Wildman–Crippen LogP) is 2.81. The zero-order valence-corrected chi connectivity index (χ0v) is 10.5. The Balaban J connectivity index is 2.20. The van der Waals surface area contributed by atoms with Crippen LogP contribution in [0.3, 0.4) is 0 Å². The lowest BCUT2D eigenvalue weighted by Gasteiger charge is -2.04. The van der Waals surface area contributed by atoms with Gasteiger partial charge in [0.2, 0.25) is 0 Å². The van der Waals surface area contributed by atoms with E-state index >= 15 is 0 Å². The summed E-state index contributed by atoms with van der Waals surface area (Å²) in [6.45, 7) is 1.89. The molecule has 0 aliphatic heterocycles. The predicted molar refractivity (Wildman–Crippen MR) is 67.4 cm³/mol. The minimum absolute atomic E-state index is 0.0675. The highest BCUT2D eigenvalue weighted by atomic mass is 35.5. The van der Waals surface area contributed by atoms with Crippen molar-refractivity contribution >= 4 is 17.4 Å². The van der Waals surface area contributed by atoms with Crippen LogP contribution >= 0.6 is 11.6 Å². The lowest BCUT2D eigenvalue weighted by molar-refractivity contribution is 0.0991. The zero-order valence-electron chi connectivity index (χ0n) is 9.77. The number of Topliss-reactive ketones (excluding diaryl/α,β-unsaturated/α-hetero) is 1. The van der Waals surface area contributed by atoms with E-state index in [1.54, 1.807) is 22.9 Å². The van der Waals surface area contributed by atoms with E-state index in [1.165, 1.54) is 0 Å². The van der Waals surface area contributed by atoms with Gasteiger partial charge in [-0.1, -0.05) is 11.6 Å². The third-order valence-electron chi connectivity index (χ3n) is 2.60. The smallest absolute Gasteiger partial charge is 0.169 e. The number of hydrogen-bond acceptors (Lipinski definition) is 2. The van der Waals surface area contributed by atoms with Gasteiger partial charge in [-0.2, -0.15) is 5.10 Å². The average molecular weight is 249 g/mol. The van der Waals surface area contributed by atoms with Gasteiger partial charge in [0, 0.05) is 23.8 Å². The van der Waals surface area contributed by atoms with Crippen LogP contribution in [0.1, 0.15) is 21.6 Å². The summed E-state index contributed by atoms with van der Waals surface area (Å²) in [4.78, 5) is 12.1. The van der Waals surface area contributed by atoms with Crippen LogP contribution in [0.25, 0.3) is 0 Å². The molecule has 88 valence electrons. The summed E-state index contributed by atoms with van der Waals surface area (Å²) >= 11 is 5.86. The van der Waals surface area contributed by atoms with E-state index in [1.807, 2.05) is 26.2 Å². The van der Waals surface area contributed by atoms with E-state index in [4.69, 9.17) is 11.6 Å². The molecule has 0 aliphatic carbocycles. The van der Waals surface area contributed by atoms with Crippen LogP contribution in [-0.2, 0) is 13.5 Å². The molecule has 1 heterocycles. The second kappa shape index (κ2) is 4.72. The van der Waals surface area contributed by atoms with E-state index in [2.05, 4.69) is 5.10 Å². The monoisotopic (exact) mass is 248 g/mol. The first-order valence-corrected chi connectivity index (χ1v) is 5.72. The first kappa shape index (κ1) is 11.9. The van der Waals surface area contributed by atoms with E-state index < -0.39 is 0 Å². The van der Waals surface area contributed by atoms with Gasteiger partial charge >= 0.3 is 0 Å². The van der Waals surface area contributed by atoms with Gasteiger partial charge in [-0.3, -0.25) is 9.48 Å². The van der Waals surface area contributed by atoms with Crippen molar-refractivity contribution in [3.05, 3.63) is 52.3 Å². The van der Waals surface area contributed by atoms with Crippen molar-refractivity contribution in [2.75, 3.05) is 0 Å². The molecular weight excluding hydrogens is 236 g/mol. The molecule has 0 aliphatic rings. The molecule has 0 bridgehead atoms. The van der Waals surface area contributed by atoms with Gasteiger partial charge in [-0.25, -0.2) is 0 Å². The maximum absolute atomic E-state index is 12.1. The molecular formula is C13H13ClN2O. The quantitative estimate of drug-likeness (QED) is 0.783. The van der Waals surface area contributed by atoms with E-state index in [9.17, 15) is 4.79 Å². The Morgan fingerprint density at radius 3 is 2.76 bits per heavy atom. The number of carbonyl (C=O) groups excluding carboxylic acids is 1. The summed E-state index contributed by atoms with van der Waals surface area (Å²) in [6.07, 6.45) is 2.15. The lowest BCUT2D eigenvalue weighted by atomic mass is 10.0. The summed E-state index contributed by atoms with van der Waals surface area (Å²) in [5.41, 5.74) is 2.39. The van der Waals surface area contributed by atoms with Crippen LogP contribution in [-0.4, -0.2) is 15.6 Å². The van der Waals surface area contributed by atoms with Crippen LogP contribution in [0.2, 0.25) is 5.02 Å². The van der Waals surface area contributed by atoms with Gasteiger partial charge in [-0.15, -0.1) is 0 Å². The minimum Gasteiger partial charge on any atom is -0.294 e. The first-order valence-electron chi connectivity index (χ1n) is 5.34. The standard InChI is InChI=1S/C13H13ClN2O/c1-9-7-10(14)3-4-12(9)13(17)8-11-5-6-16(2)15-11/h3-7H,8H2,1-2H3. The fourth-order valence-electron chi connectivity index (χ4n) is 1.76. The van der Waals surface area contributed by atoms with Gasteiger partial charge in [0.1, 0.15) is 0 Å². The van der Waals surface area contributed by atoms with Gasteiger partial charge in [0.05, 0.1) is 12.1 Å². The number of nitrogens with zero attached hydrogens (tertiary/aromatic N) is 2. The van der Waals surface area contributed by atoms with Crippen LogP contribution in [0.4, 0.5) is 0 Å². The second-order valence-corrected chi connectivity index (χ2v) is 4.48. The van der Waals surface area contributed by atoms with Gasteiger partial charge in [0.25, 0.3) is 0 Å². The third-order valence-corrected chi connectivity index (χ3v) is 2.83. The highest BCUT2D eigenvalue weighted by Gasteiger charge is 2.11. The number of aromatic nitrogens is 2. The van der Waals surface area contributed by atoms with Crippen molar-refractivity contribution in [3.8, 4) is 0 Å². The SMILES string of the molecule is Cc1cc(Cl)ccc1C(=O)Cc1ccn(C)n1. The van der Waals surface area contributed by atoms with Gasteiger partial charge < -0.3 is 0 Å². The molecule has 0 spiro atoms. The molecule has 1 aromatic carbocycles. The molecule has 2 rings (SSSR count). The molecule has 0 atom stereocenters. The van der Waals surface area contributed by atoms with Gasteiger partial charge in [0.15, 0.2) is 5.78 Å². The van der Waals surface area contributed by atoms with Crippen LogP contribution in [0.15, 0.2) is 30.5 Å². The highest BCUT2D eigenvalue weighted by molar-refractivity contribution is 6.30. The minimum atomic E-state index is 0.0675. The number of halogens is 1. The molecule has 0 saturated carbocycles. The van der Waals surface area contributed by atoms with Crippen molar-refractivity contribution in [1.82, 2.24) is 9.78 Å². The molecule has 1 aromatic heterocycles. The normalized spacial score (nSPS) is 10.5. The Labute approximate surface area is 105 Å². The summed E-state index contributed by atoms with van der Waals surface area (Å²) < 4.78 is 1.69. The van der Waals surface area contributed by atoms with E-state index in [-0.39, 0.29) is 5.78 Å². The molecule has 0 saturated heterocycles. The van der Waals surface area contributed by atoms with E-state index in [0.29, 0.717) is 17.0 Å². The lowest BCUT2D eigenvalue weighted by Crippen LogP contribution is -2.06. The first-order chi connectivity index (χ1) is 8.06. The Hall–Kier alpha value is -1.61. The number of rotatable bonds is 3. The molecule has 4 heteroatoms. The Kier molecular flexibility index (Phi) is 3.29. The molecule has 0 fully saturated rings. The largest absolute Gasteiger partial charge is 0.294 e. The number of hydrogen-bond donors (Lipinski definition) is 0. The van der Waals surface area contributed by atoms with Crippen LogP contribution in [0, 0.1) is 6.92 Å². The van der Waals surface area contributed by atoms with Crippen molar-refractivity contribution in [2.45, 2.75) is 13.3 Å². The molecule has 0 unspecified atom stereocenters. The molecule has 0 radical (unpaired) electrons. The fraction of sp³-hybridized carbons (Fsp3) is 0.231. The summed E-state index contributed by atoms with van der Waals surface area (Å²) in [7, 11) is 1.83. The van der Waals surface area contributed by atoms with Crippen molar-refractivity contribution < 1.29 is 4.79 Å². The zero-order chi connectivity index (χ0) is 12.4. The number of carbonyl (C=O) groups is 1. The van der Waals surface area contributed by atoms with E-state index in [0.717, 1.165) is 11.3 Å². The molecule has 17 heavy (non-hydrogen) atoms. The maximum Gasteiger partial charge on any atom is 0.169 e. The summed E-state index contributed by atoms with van der Waals surface area (Å²) in [5.74, 6) is 0.0675. The Bertz CT molecular complexity index is 560. The second-order valence-electron chi connectivity index (χ2n) is 4.04. The van der Waals surface area contributed by atoms with Crippen molar-refractivity contribution in [1.29, 1.82) is 0 Å². The molecule has 2 aromatic rings. The van der Waals surface area contributed by atoms with Crippen LogP contribution < -0.4 is 0 Å². The maximum atomic E-state index is 12.1. The van der Waals surface area contributed by atoms with Crippen molar-refractivity contribution in [2.24, 2.45) is 7.05 Å². The molecule has 0 N–H and O–H groups in total. The topological polar surface area (TPSA) is 34.9 Å². The average Bonchev–Trinajstić information content (AvgIpc) is 2.63. The summed E-state index contributed by atoms with van der Waals surface area (Å²) in [5, 5.41) is 4.84. The number of aryl methyl sites for hydroxylation is 2. The van der Waals surface area contributed by atoms with Crippen molar-refractivity contribution in [3.63, 3.8) is 0 Å². The number of benzene rings is 1. The Morgan fingerprint density at radius 1 is 1.41 bits per heavy atom. The highest BCUT2D eigenvalue weighted by Crippen LogP contribution is 2.16.